The second kappa shape index (κ2) is 4.63. The number of aliphatic hydroxyl groups excluding tert-OH is 1. The van der Waals surface area contributed by atoms with E-state index >= 15 is 0 Å². The monoisotopic (exact) mass is 197 g/mol. The molecule has 2 nitrogen and oxygen atoms in total. The van der Waals surface area contributed by atoms with Gasteiger partial charge in [-0.1, -0.05) is 6.42 Å². The summed E-state index contributed by atoms with van der Waals surface area (Å²) < 4.78 is 0. The van der Waals surface area contributed by atoms with Gasteiger partial charge in [0.05, 0.1) is 6.10 Å². The Balaban J connectivity index is 1.77. The highest BCUT2D eigenvalue weighted by Gasteiger charge is 2.29. The van der Waals surface area contributed by atoms with E-state index in [9.17, 15) is 5.11 Å². The fourth-order valence-electron chi connectivity index (χ4n) is 2.80. The highest BCUT2D eigenvalue weighted by Crippen LogP contribution is 2.30. The molecule has 14 heavy (non-hydrogen) atoms. The molecule has 0 amide bonds. The third-order valence-electron chi connectivity index (χ3n) is 3.83. The Kier molecular flexibility index (Phi) is 3.45. The van der Waals surface area contributed by atoms with Crippen LogP contribution in [-0.4, -0.2) is 35.2 Å². The van der Waals surface area contributed by atoms with Gasteiger partial charge in [0.15, 0.2) is 0 Å². The predicted octanol–water partition coefficient (Wildman–Crippen LogP) is 2.02. The fraction of sp³-hybridized carbons (Fsp3) is 1.00. The number of nitrogens with zero attached hydrogens (tertiary/aromatic N) is 1. The van der Waals surface area contributed by atoms with Crippen molar-refractivity contribution >= 4 is 0 Å². The summed E-state index contributed by atoms with van der Waals surface area (Å²) in [6.45, 7) is 4.49. The molecule has 1 saturated heterocycles. The van der Waals surface area contributed by atoms with Gasteiger partial charge in [0.2, 0.25) is 0 Å². The Hall–Kier alpha value is -0.0800. The lowest BCUT2D eigenvalue weighted by Gasteiger charge is -2.33. The number of hydrogen-bond acceptors (Lipinski definition) is 2. The molecule has 2 fully saturated rings. The Morgan fingerprint density at radius 2 is 2.07 bits per heavy atom. The van der Waals surface area contributed by atoms with Crippen LogP contribution in [0, 0.1) is 5.92 Å². The summed E-state index contributed by atoms with van der Waals surface area (Å²) in [4.78, 5) is 2.62. The van der Waals surface area contributed by atoms with Crippen LogP contribution in [0.1, 0.15) is 45.4 Å². The Morgan fingerprint density at radius 3 is 2.64 bits per heavy atom. The molecule has 2 atom stereocenters. The maximum Gasteiger partial charge on any atom is 0.0527 e. The maximum atomic E-state index is 9.41. The van der Waals surface area contributed by atoms with Crippen molar-refractivity contribution in [3.8, 4) is 0 Å². The van der Waals surface area contributed by atoms with Crippen LogP contribution in [0.4, 0.5) is 0 Å². The maximum absolute atomic E-state index is 9.41. The smallest absolute Gasteiger partial charge is 0.0527 e. The van der Waals surface area contributed by atoms with Crippen molar-refractivity contribution in [2.24, 2.45) is 5.92 Å². The lowest BCUT2D eigenvalue weighted by atomic mass is 9.85. The normalized spacial score (nSPS) is 31.7. The minimum Gasteiger partial charge on any atom is -0.393 e. The van der Waals surface area contributed by atoms with Crippen molar-refractivity contribution in [3.05, 3.63) is 0 Å². The first-order chi connectivity index (χ1) is 6.75. The summed E-state index contributed by atoms with van der Waals surface area (Å²) in [5, 5.41) is 9.41. The molecule has 0 spiro atoms. The molecule has 1 N–H and O–H groups in total. The first kappa shape index (κ1) is 10.4. The Morgan fingerprint density at radius 1 is 1.29 bits per heavy atom. The molecule has 0 bridgehead atoms. The van der Waals surface area contributed by atoms with Gasteiger partial charge >= 0.3 is 0 Å². The zero-order valence-corrected chi connectivity index (χ0v) is 9.28. The second-order valence-corrected chi connectivity index (χ2v) is 5.17. The van der Waals surface area contributed by atoms with Gasteiger partial charge in [-0.25, -0.2) is 0 Å². The van der Waals surface area contributed by atoms with Gasteiger partial charge in [-0.05, 0) is 51.5 Å². The average Bonchev–Trinajstić information content (AvgIpc) is 2.44. The van der Waals surface area contributed by atoms with Crippen LogP contribution in [-0.2, 0) is 0 Å². The number of rotatable bonds is 4. The summed E-state index contributed by atoms with van der Waals surface area (Å²) in [5.74, 6) is 0.976. The average molecular weight is 197 g/mol. The topological polar surface area (TPSA) is 23.5 Å². The molecule has 0 aromatic rings. The zero-order chi connectivity index (χ0) is 9.97. The molecule has 0 aromatic heterocycles. The molecule has 0 aromatic carbocycles. The molecule has 2 heteroatoms. The van der Waals surface area contributed by atoms with E-state index in [1.807, 2.05) is 6.92 Å². The van der Waals surface area contributed by atoms with E-state index in [0.717, 1.165) is 12.3 Å². The van der Waals surface area contributed by atoms with Gasteiger partial charge in [-0.15, -0.1) is 0 Å². The van der Waals surface area contributed by atoms with Crippen LogP contribution in [0.15, 0.2) is 0 Å². The van der Waals surface area contributed by atoms with Crippen molar-refractivity contribution in [1.82, 2.24) is 4.90 Å². The molecule has 1 aliphatic heterocycles. The minimum atomic E-state index is -0.123. The van der Waals surface area contributed by atoms with Crippen LogP contribution in [0.25, 0.3) is 0 Å². The molecule has 2 unspecified atom stereocenters. The molecule has 82 valence electrons. The molecule has 1 aliphatic carbocycles. The first-order valence-electron chi connectivity index (χ1n) is 6.18. The summed E-state index contributed by atoms with van der Waals surface area (Å²) in [6, 6.07) is 0.676. The quantitative estimate of drug-likeness (QED) is 0.745. The molecule has 2 aliphatic rings. The van der Waals surface area contributed by atoms with Gasteiger partial charge in [-0.2, -0.15) is 0 Å². The Bertz CT molecular complexity index is 177. The van der Waals surface area contributed by atoms with Crippen LogP contribution in [0.2, 0.25) is 0 Å². The minimum absolute atomic E-state index is 0.123. The van der Waals surface area contributed by atoms with Gasteiger partial charge in [0.1, 0.15) is 0 Å². The highest BCUT2D eigenvalue weighted by molar-refractivity contribution is 4.84. The molecule has 0 radical (unpaired) electrons. The summed E-state index contributed by atoms with van der Waals surface area (Å²) >= 11 is 0. The van der Waals surface area contributed by atoms with Crippen LogP contribution in [0.5, 0.6) is 0 Å². The third kappa shape index (κ3) is 2.48. The molecule has 2 rings (SSSR count). The lowest BCUT2D eigenvalue weighted by molar-refractivity contribution is 0.111. The Labute approximate surface area is 87.3 Å². The fourth-order valence-corrected chi connectivity index (χ4v) is 2.80. The highest BCUT2D eigenvalue weighted by atomic mass is 16.3. The first-order valence-corrected chi connectivity index (χ1v) is 6.18. The SMILES string of the molecule is CC(O)CC1CCCN1CC1CCC1. The van der Waals surface area contributed by atoms with E-state index in [-0.39, 0.29) is 6.10 Å². The lowest BCUT2D eigenvalue weighted by Crippen LogP contribution is -2.37. The van der Waals surface area contributed by atoms with E-state index in [1.165, 1.54) is 45.2 Å². The standard InChI is InChI=1S/C12H23NO/c1-10(14)8-12-6-3-7-13(12)9-11-4-2-5-11/h10-12,14H,2-9H2,1H3. The summed E-state index contributed by atoms with van der Waals surface area (Å²) in [7, 11) is 0. The molecule has 1 saturated carbocycles. The van der Waals surface area contributed by atoms with Crippen molar-refractivity contribution in [3.63, 3.8) is 0 Å². The van der Waals surface area contributed by atoms with E-state index in [2.05, 4.69) is 4.90 Å². The van der Waals surface area contributed by atoms with Crippen molar-refractivity contribution in [2.45, 2.75) is 57.6 Å². The predicted molar refractivity (Wildman–Crippen MR) is 58.2 cm³/mol. The van der Waals surface area contributed by atoms with Crippen LogP contribution in [0.3, 0.4) is 0 Å². The number of hydrogen-bond donors (Lipinski definition) is 1. The van der Waals surface area contributed by atoms with Gasteiger partial charge in [0.25, 0.3) is 0 Å². The molecule has 1 heterocycles. The van der Waals surface area contributed by atoms with Gasteiger partial charge in [0, 0.05) is 12.6 Å². The van der Waals surface area contributed by atoms with Crippen molar-refractivity contribution in [1.29, 1.82) is 0 Å². The van der Waals surface area contributed by atoms with Crippen LogP contribution < -0.4 is 0 Å². The summed E-state index contributed by atoms with van der Waals surface area (Å²) in [5.41, 5.74) is 0. The second-order valence-electron chi connectivity index (χ2n) is 5.17. The number of aliphatic hydroxyl groups is 1. The van der Waals surface area contributed by atoms with Crippen molar-refractivity contribution in [2.75, 3.05) is 13.1 Å². The van der Waals surface area contributed by atoms with Crippen molar-refractivity contribution < 1.29 is 5.11 Å². The van der Waals surface area contributed by atoms with Crippen LogP contribution >= 0.6 is 0 Å². The third-order valence-corrected chi connectivity index (χ3v) is 3.83. The van der Waals surface area contributed by atoms with E-state index in [1.54, 1.807) is 0 Å². The van der Waals surface area contributed by atoms with E-state index in [4.69, 9.17) is 0 Å². The van der Waals surface area contributed by atoms with E-state index < -0.39 is 0 Å². The van der Waals surface area contributed by atoms with Gasteiger partial charge in [-0.3, -0.25) is 0 Å². The largest absolute Gasteiger partial charge is 0.393 e. The molecular weight excluding hydrogens is 174 g/mol. The molecular formula is C12H23NO. The van der Waals surface area contributed by atoms with E-state index in [0.29, 0.717) is 6.04 Å². The summed E-state index contributed by atoms with van der Waals surface area (Å²) in [6.07, 6.45) is 7.83. The van der Waals surface area contributed by atoms with Gasteiger partial charge < -0.3 is 10.0 Å². The zero-order valence-electron chi connectivity index (χ0n) is 9.28. The number of likely N-dealkylation sites (tertiary alicyclic amines) is 1.